The van der Waals surface area contributed by atoms with Crippen LogP contribution in [-0.2, 0) is 16.8 Å². The van der Waals surface area contributed by atoms with Crippen molar-refractivity contribution in [3.8, 4) is 0 Å². The van der Waals surface area contributed by atoms with Crippen molar-refractivity contribution in [1.29, 1.82) is 0 Å². The number of carboxylic acids is 1. The van der Waals surface area contributed by atoms with Crippen molar-refractivity contribution in [2.75, 3.05) is 10.6 Å². The van der Waals surface area contributed by atoms with Gasteiger partial charge in [-0.3, -0.25) is 14.6 Å². The summed E-state index contributed by atoms with van der Waals surface area (Å²) in [6, 6.07) is 14.0. The van der Waals surface area contributed by atoms with Crippen LogP contribution in [0.15, 0.2) is 67.1 Å². The van der Waals surface area contributed by atoms with Crippen LogP contribution in [0.4, 0.5) is 11.5 Å². The molecule has 1 aromatic carbocycles. The Bertz CT molecular complexity index is 1000. The molecular formula is C22H22N4O3. The maximum atomic E-state index is 12.7. The Morgan fingerprint density at radius 3 is 2.34 bits per heavy atom. The number of anilines is 2. The van der Waals surface area contributed by atoms with Crippen molar-refractivity contribution in [3.05, 3.63) is 83.8 Å². The summed E-state index contributed by atoms with van der Waals surface area (Å²) in [5.41, 5.74) is 1.66. The number of carbonyl (C=O) groups is 2. The molecule has 0 spiro atoms. The van der Waals surface area contributed by atoms with E-state index in [1.807, 2.05) is 12.1 Å². The molecule has 3 aromatic rings. The van der Waals surface area contributed by atoms with E-state index in [1.54, 1.807) is 68.8 Å². The van der Waals surface area contributed by atoms with Gasteiger partial charge in [-0.15, -0.1) is 0 Å². The van der Waals surface area contributed by atoms with Crippen LogP contribution in [0.5, 0.6) is 0 Å². The first-order valence-electron chi connectivity index (χ1n) is 9.11. The molecule has 0 aliphatic heterocycles. The molecule has 3 rings (SSSR count). The van der Waals surface area contributed by atoms with Crippen LogP contribution in [0, 0.1) is 0 Å². The quantitative estimate of drug-likeness (QED) is 0.568. The number of pyridine rings is 2. The van der Waals surface area contributed by atoms with Crippen molar-refractivity contribution in [2.45, 2.75) is 25.8 Å². The van der Waals surface area contributed by atoms with Crippen molar-refractivity contribution in [1.82, 2.24) is 9.97 Å². The fourth-order valence-corrected chi connectivity index (χ4v) is 2.71. The Morgan fingerprint density at radius 1 is 1.00 bits per heavy atom. The van der Waals surface area contributed by atoms with Gasteiger partial charge in [0.15, 0.2) is 0 Å². The maximum Gasteiger partial charge on any atom is 0.313 e. The summed E-state index contributed by atoms with van der Waals surface area (Å²) in [6.07, 6.45) is 5.03. The molecule has 3 N–H and O–H groups in total. The predicted octanol–water partition coefficient (Wildman–Crippen LogP) is 3.70. The molecule has 0 aliphatic rings. The first-order valence-corrected chi connectivity index (χ1v) is 9.11. The van der Waals surface area contributed by atoms with Gasteiger partial charge >= 0.3 is 5.97 Å². The third kappa shape index (κ3) is 4.76. The van der Waals surface area contributed by atoms with Gasteiger partial charge in [-0.1, -0.05) is 12.1 Å². The molecule has 2 aromatic heterocycles. The van der Waals surface area contributed by atoms with Crippen LogP contribution in [0.3, 0.4) is 0 Å². The lowest BCUT2D eigenvalue weighted by atomic mass is 9.85. The highest BCUT2D eigenvalue weighted by atomic mass is 16.4. The topological polar surface area (TPSA) is 104 Å². The summed E-state index contributed by atoms with van der Waals surface area (Å²) in [4.78, 5) is 32.4. The van der Waals surface area contributed by atoms with E-state index in [4.69, 9.17) is 0 Å². The summed E-state index contributed by atoms with van der Waals surface area (Å²) in [6.45, 7) is 3.79. The number of carbonyl (C=O) groups excluding carboxylic acids is 1. The van der Waals surface area contributed by atoms with Crippen LogP contribution in [0.1, 0.15) is 35.3 Å². The molecule has 0 saturated heterocycles. The van der Waals surface area contributed by atoms with Crippen LogP contribution in [0.25, 0.3) is 0 Å². The minimum Gasteiger partial charge on any atom is -0.481 e. The lowest BCUT2D eigenvalue weighted by molar-refractivity contribution is -0.142. The molecule has 0 unspecified atom stereocenters. The van der Waals surface area contributed by atoms with E-state index >= 15 is 0 Å². The average molecular weight is 390 g/mol. The number of hydrogen-bond acceptors (Lipinski definition) is 5. The number of carboxylic acid groups (broad SMARTS) is 1. The molecule has 7 heteroatoms. The first kappa shape index (κ1) is 20.0. The summed E-state index contributed by atoms with van der Waals surface area (Å²) >= 11 is 0. The second-order valence-electron chi connectivity index (χ2n) is 7.07. The van der Waals surface area contributed by atoms with Crippen LogP contribution < -0.4 is 10.6 Å². The molecule has 0 atom stereocenters. The predicted molar refractivity (Wildman–Crippen MR) is 111 cm³/mol. The number of amides is 1. The Hall–Kier alpha value is -3.74. The van der Waals surface area contributed by atoms with Gasteiger partial charge < -0.3 is 15.7 Å². The lowest BCUT2D eigenvalue weighted by Crippen LogP contribution is -2.28. The summed E-state index contributed by atoms with van der Waals surface area (Å²) < 4.78 is 0. The SMILES string of the molecule is CC(C)(C(=O)O)c1ccc(NC(=O)c2cccnc2NCc2ccncc2)cc1. The van der Waals surface area contributed by atoms with E-state index < -0.39 is 11.4 Å². The number of aliphatic carboxylic acids is 1. The molecule has 7 nitrogen and oxygen atoms in total. The van der Waals surface area contributed by atoms with Gasteiger partial charge in [0, 0.05) is 30.8 Å². The zero-order valence-corrected chi connectivity index (χ0v) is 16.2. The minimum atomic E-state index is -1.00. The van der Waals surface area contributed by atoms with E-state index in [0.717, 1.165) is 5.56 Å². The van der Waals surface area contributed by atoms with Gasteiger partial charge in [-0.2, -0.15) is 0 Å². The van der Waals surface area contributed by atoms with Gasteiger partial charge in [-0.05, 0) is 61.4 Å². The van der Waals surface area contributed by atoms with Crippen molar-refractivity contribution in [2.24, 2.45) is 0 Å². The average Bonchev–Trinajstić information content (AvgIpc) is 2.73. The zero-order valence-electron chi connectivity index (χ0n) is 16.2. The highest BCUT2D eigenvalue weighted by Gasteiger charge is 2.29. The second kappa shape index (κ2) is 8.52. The highest BCUT2D eigenvalue weighted by molar-refractivity contribution is 6.07. The number of aromatic nitrogens is 2. The van der Waals surface area contributed by atoms with Gasteiger partial charge in [-0.25, -0.2) is 4.98 Å². The molecule has 148 valence electrons. The fraction of sp³-hybridized carbons (Fsp3) is 0.182. The molecule has 1 amide bonds. The summed E-state index contributed by atoms with van der Waals surface area (Å²) in [7, 11) is 0. The van der Waals surface area contributed by atoms with Crippen molar-refractivity contribution >= 4 is 23.4 Å². The third-order valence-corrected chi connectivity index (χ3v) is 4.66. The smallest absolute Gasteiger partial charge is 0.313 e. The van der Waals surface area contributed by atoms with Crippen LogP contribution in [-0.4, -0.2) is 27.0 Å². The normalized spacial score (nSPS) is 11.0. The Balaban J connectivity index is 1.72. The number of nitrogens with one attached hydrogen (secondary N) is 2. The van der Waals surface area contributed by atoms with Gasteiger partial charge in [0.25, 0.3) is 5.91 Å². The van der Waals surface area contributed by atoms with Crippen LogP contribution in [0.2, 0.25) is 0 Å². The molecular weight excluding hydrogens is 368 g/mol. The van der Waals surface area contributed by atoms with Crippen molar-refractivity contribution in [3.63, 3.8) is 0 Å². The van der Waals surface area contributed by atoms with E-state index in [2.05, 4.69) is 20.6 Å². The zero-order chi connectivity index (χ0) is 20.9. The fourth-order valence-electron chi connectivity index (χ4n) is 2.71. The number of hydrogen-bond donors (Lipinski definition) is 3. The number of nitrogens with zero attached hydrogens (tertiary/aromatic N) is 2. The monoisotopic (exact) mass is 390 g/mol. The minimum absolute atomic E-state index is 0.305. The molecule has 2 heterocycles. The number of benzene rings is 1. The summed E-state index contributed by atoms with van der Waals surface area (Å²) in [5, 5.41) is 15.3. The van der Waals surface area contributed by atoms with Gasteiger partial charge in [0.05, 0.1) is 11.0 Å². The Morgan fingerprint density at radius 2 is 1.69 bits per heavy atom. The molecule has 0 fully saturated rings. The van der Waals surface area contributed by atoms with E-state index in [-0.39, 0.29) is 5.91 Å². The summed E-state index contributed by atoms with van der Waals surface area (Å²) in [5.74, 6) is -0.736. The standard InChI is InChI=1S/C22H22N4O3/c1-22(2,21(28)29)16-5-7-17(8-6-16)26-20(27)18-4-3-11-24-19(18)25-14-15-9-12-23-13-10-15/h3-13H,14H2,1-2H3,(H,24,25)(H,26,27)(H,28,29). The Kier molecular flexibility index (Phi) is 5.87. The molecule has 29 heavy (non-hydrogen) atoms. The largest absolute Gasteiger partial charge is 0.481 e. The van der Waals surface area contributed by atoms with E-state index in [0.29, 0.717) is 29.2 Å². The van der Waals surface area contributed by atoms with Crippen molar-refractivity contribution < 1.29 is 14.7 Å². The maximum absolute atomic E-state index is 12.7. The van der Waals surface area contributed by atoms with E-state index in [1.165, 1.54) is 0 Å². The lowest BCUT2D eigenvalue weighted by Gasteiger charge is -2.20. The van der Waals surface area contributed by atoms with Gasteiger partial charge in [0.2, 0.25) is 0 Å². The second-order valence-corrected chi connectivity index (χ2v) is 7.07. The molecule has 0 radical (unpaired) electrons. The third-order valence-electron chi connectivity index (χ3n) is 4.66. The first-order chi connectivity index (χ1) is 13.9. The Labute approximate surface area is 168 Å². The van der Waals surface area contributed by atoms with Crippen LogP contribution >= 0.6 is 0 Å². The molecule has 0 aliphatic carbocycles. The number of rotatable bonds is 7. The van der Waals surface area contributed by atoms with E-state index in [9.17, 15) is 14.7 Å². The molecule has 0 saturated carbocycles. The highest BCUT2D eigenvalue weighted by Crippen LogP contribution is 2.25. The van der Waals surface area contributed by atoms with Gasteiger partial charge in [0.1, 0.15) is 5.82 Å². The molecule has 0 bridgehead atoms.